The van der Waals surface area contributed by atoms with Crippen molar-refractivity contribution in [2.45, 2.75) is 19.4 Å². The van der Waals surface area contributed by atoms with Gasteiger partial charge in [0.2, 0.25) is 5.91 Å². The summed E-state index contributed by atoms with van der Waals surface area (Å²) in [7, 11) is 0. The van der Waals surface area contributed by atoms with Gasteiger partial charge in [0.25, 0.3) is 0 Å². The minimum atomic E-state index is -0.983. The summed E-state index contributed by atoms with van der Waals surface area (Å²) >= 11 is 1.26. The van der Waals surface area contributed by atoms with Gasteiger partial charge in [-0.1, -0.05) is 18.2 Å². The molecule has 2 N–H and O–H groups in total. The highest BCUT2D eigenvalue weighted by Crippen LogP contribution is 2.37. The van der Waals surface area contributed by atoms with Crippen LogP contribution < -0.4 is 10.1 Å². The van der Waals surface area contributed by atoms with Crippen LogP contribution in [-0.2, 0) is 24.2 Å². The quantitative estimate of drug-likeness (QED) is 0.777. The van der Waals surface area contributed by atoms with Crippen LogP contribution in [0.1, 0.15) is 27.1 Å². The topological polar surface area (TPSA) is 103 Å². The fourth-order valence-electron chi connectivity index (χ4n) is 3.46. The van der Waals surface area contributed by atoms with Crippen molar-refractivity contribution >= 4 is 34.4 Å². The van der Waals surface area contributed by atoms with Gasteiger partial charge >= 0.3 is 6.09 Å². The molecule has 0 saturated carbocycles. The van der Waals surface area contributed by atoms with Crippen LogP contribution in [0.2, 0.25) is 0 Å². The first-order valence-corrected chi connectivity index (χ1v) is 9.64. The molecule has 0 aliphatic carbocycles. The summed E-state index contributed by atoms with van der Waals surface area (Å²) in [5.41, 5.74) is 3.23. The molecule has 8 heteroatoms. The van der Waals surface area contributed by atoms with E-state index >= 15 is 0 Å². The van der Waals surface area contributed by atoms with Crippen molar-refractivity contribution in [1.82, 2.24) is 4.90 Å². The number of nitriles is 1. The Bertz CT molecular complexity index is 1030. The molecule has 0 saturated heterocycles. The van der Waals surface area contributed by atoms with Gasteiger partial charge in [-0.2, -0.15) is 5.26 Å². The molecule has 0 atom stereocenters. The lowest BCUT2D eigenvalue weighted by atomic mass is 10.0. The Balaban J connectivity index is 1.52. The van der Waals surface area contributed by atoms with Crippen molar-refractivity contribution < 1.29 is 19.4 Å². The maximum atomic E-state index is 12.4. The normalized spacial score (nSPS) is 14.9. The number of ether oxygens (including phenoxy) is 1. The smallest absolute Gasteiger partial charge is 0.407 e. The van der Waals surface area contributed by atoms with E-state index in [0.29, 0.717) is 30.1 Å². The van der Waals surface area contributed by atoms with E-state index in [1.165, 1.54) is 22.3 Å². The predicted octanol–water partition coefficient (Wildman–Crippen LogP) is 3.24. The van der Waals surface area contributed by atoms with E-state index in [1.54, 1.807) is 6.08 Å². The number of carbonyl (C=O) groups excluding carboxylic acids is 1. The number of carboxylic acid groups (broad SMARTS) is 1. The Hall–Kier alpha value is -3.31. The van der Waals surface area contributed by atoms with Crippen LogP contribution in [0.5, 0.6) is 5.75 Å². The summed E-state index contributed by atoms with van der Waals surface area (Å²) in [5, 5.41) is 21.9. The lowest BCUT2D eigenvalue weighted by molar-refractivity contribution is -0.111. The maximum Gasteiger partial charge on any atom is 0.407 e. The highest BCUT2D eigenvalue weighted by atomic mass is 32.1. The Kier molecular flexibility index (Phi) is 4.75. The molecule has 4 rings (SSSR count). The molecule has 0 radical (unpaired) electrons. The van der Waals surface area contributed by atoms with Gasteiger partial charge in [0.05, 0.1) is 18.7 Å². The largest absolute Gasteiger partial charge is 0.492 e. The average Bonchev–Trinajstić information content (AvgIpc) is 3.29. The standard InChI is InChI=1S/C20H17N3O4S/c21-10-15-14-6-8-23(20(25)26)11-16(14)28-19(15)22-17(24)5-4-12-2-1-3-13-7-9-27-18(12)13/h1-5H,6-9,11H2,(H,22,24)(H,25,26). The van der Waals surface area contributed by atoms with E-state index in [0.717, 1.165) is 33.7 Å². The Morgan fingerprint density at radius 2 is 2.21 bits per heavy atom. The van der Waals surface area contributed by atoms with Gasteiger partial charge in [0, 0.05) is 29.5 Å². The van der Waals surface area contributed by atoms with Gasteiger partial charge in [-0.15, -0.1) is 11.3 Å². The Morgan fingerprint density at radius 1 is 1.36 bits per heavy atom. The van der Waals surface area contributed by atoms with Gasteiger partial charge in [0.1, 0.15) is 16.8 Å². The number of thiophene rings is 1. The number of amides is 2. The second kappa shape index (κ2) is 7.37. The Morgan fingerprint density at radius 3 is 3.00 bits per heavy atom. The van der Waals surface area contributed by atoms with E-state index in [1.807, 2.05) is 18.2 Å². The molecule has 2 aliphatic rings. The highest BCUT2D eigenvalue weighted by Gasteiger charge is 2.27. The summed E-state index contributed by atoms with van der Waals surface area (Å²) in [6.07, 6.45) is 3.47. The summed E-state index contributed by atoms with van der Waals surface area (Å²) in [5.74, 6) is 0.463. The SMILES string of the molecule is N#Cc1c(NC(=O)C=Cc2cccc3c2OCC3)sc2c1CCN(C(=O)O)C2. The van der Waals surface area contributed by atoms with Gasteiger partial charge in [-0.05, 0) is 23.6 Å². The third-order valence-corrected chi connectivity index (χ3v) is 5.97. The van der Waals surface area contributed by atoms with Gasteiger partial charge in [-0.3, -0.25) is 4.79 Å². The molecule has 1 aromatic heterocycles. The van der Waals surface area contributed by atoms with E-state index < -0.39 is 6.09 Å². The van der Waals surface area contributed by atoms with Crippen molar-refractivity contribution in [3.05, 3.63) is 51.4 Å². The number of rotatable bonds is 3. The monoisotopic (exact) mass is 395 g/mol. The number of benzene rings is 1. The molecule has 2 aromatic rings. The third kappa shape index (κ3) is 3.32. The average molecular weight is 395 g/mol. The van der Waals surface area contributed by atoms with E-state index in [2.05, 4.69) is 11.4 Å². The molecule has 0 spiro atoms. The molecular formula is C20H17N3O4S. The lowest BCUT2D eigenvalue weighted by Gasteiger charge is -2.23. The minimum absolute atomic E-state index is 0.239. The van der Waals surface area contributed by atoms with Crippen molar-refractivity contribution in [2.75, 3.05) is 18.5 Å². The zero-order valence-corrected chi connectivity index (χ0v) is 15.7. The summed E-state index contributed by atoms with van der Waals surface area (Å²) in [4.78, 5) is 25.7. The molecule has 2 amide bonds. The van der Waals surface area contributed by atoms with Gasteiger partial charge in [0.15, 0.2) is 0 Å². The van der Waals surface area contributed by atoms with Crippen LogP contribution in [0.25, 0.3) is 6.08 Å². The number of para-hydroxylation sites is 1. The molecule has 28 heavy (non-hydrogen) atoms. The van der Waals surface area contributed by atoms with Crippen LogP contribution in [0.3, 0.4) is 0 Å². The van der Waals surface area contributed by atoms with Crippen molar-refractivity contribution in [2.24, 2.45) is 0 Å². The van der Waals surface area contributed by atoms with Crippen LogP contribution >= 0.6 is 11.3 Å². The highest BCUT2D eigenvalue weighted by molar-refractivity contribution is 7.16. The predicted molar refractivity (Wildman–Crippen MR) is 104 cm³/mol. The number of fused-ring (bicyclic) bond motifs is 2. The fourth-order valence-corrected chi connectivity index (χ4v) is 4.68. The van der Waals surface area contributed by atoms with Crippen LogP contribution in [-0.4, -0.2) is 35.2 Å². The molecule has 7 nitrogen and oxygen atoms in total. The summed E-state index contributed by atoms with van der Waals surface area (Å²) < 4.78 is 5.62. The van der Waals surface area contributed by atoms with Crippen molar-refractivity contribution in [1.29, 1.82) is 5.26 Å². The molecule has 0 unspecified atom stereocenters. The first-order valence-electron chi connectivity index (χ1n) is 8.83. The number of hydrogen-bond donors (Lipinski definition) is 2. The summed E-state index contributed by atoms with van der Waals surface area (Å²) in [6.45, 7) is 1.23. The number of nitrogens with one attached hydrogen (secondary N) is 1. The fraction of sp³-hybridized carbons (Fsp3) is 0.250. The Labute approximate surface area is 165 Å². The minimum Gasteiger partial charge on any atom is -0.492 e. The molecule has 142 valence electrons. The van der Waals surface area contributed by atoms with Crippen molar-refractivity contribution in [3.8, 4) is 11.8 Å². The zero-order chi connectivity index (χ0) is 19.7. The molecule has 3 heterocycles. The van der Waals surface area contributed by atoms with E-state index in [9.17, 15) is 14.9 Å². The molecule has 2 aliphatic heterocycles. The number of hydrogen-bond acceptors (Lipinski definition) is 5. The molecule has 0 bridgehead atoms. The van der Waals surface area contributed by atoms with Crippen LogP contribution in [0.15, 0.2) is 24.3 Å². The number of carbonyl (C=O) groups is 2. The lowest BCUT2D eigenvalue weighted by Crippen LogP contribution is -2.34. The zero-order valence-electron chi connectivity index (χ0n) is 14.9. The third-order valence-electron chi connectivity index (χ3n) is 4.84. The van der Waals surface area contributed by atoms with Gasteiger partial charge in [-0.25, -0.2) is 4.79 Å². The van der Waals surface area contributed by atoms with E-state index in [-0.39, 0.29) is 12.5 Å². The first-order chi connectivity index (χ1) is 13.6. The number of nitrogens with zero attached hydrogens (tertiary/aromatic N) is 2. The second-order valence-corrected chi connectivity index (χ2v) is 7.64. The first kappa shape index (κ1) is 18.1. The van der Waals surface area contributed by atoms with Gasteiger partial charge < -0.3 is 20.1 Å². The van der Waals surface area contributed by atoms with Crippen molar-refractivity contribution in [3.63, 3.8) is 0 Å². The molecule has 1 aromatic carbocycles. The summed E-state index contributed by atoms with van der Waals surface area (Å²) in [6, 6.07) is 7.97. The molecule has 0 fully saturated rings. The second-order valence-electron chi connectivity index (χ2n) is 6.53. The van der Waals surface area contributed by atoms with E-state index in [4.69, 9.17) is 9.84 Å². The maximum absolute atomic E-state index is 12.4. The van der Waals surface area contributed by atoms with Crippen LogP contribution in [0, 0.1) is 11.3 Å². The van der Waals surface area contributed by atoms with Crippen LogP contribution in [0.4, 0.5) is 9.80 Å². The molecular weight excluding hydrogens is 378 g/mol. The number of anilines is 1.